The van der Waals surface area contributed by atoms with Gasteiger partial charge < -0.3 is 9.64 Å². The van der Waals surface area contributed by atoms with E-state index in [0.717, 1.165) is 39.4 Å². The van der Waals surface area contributed by atoms with Crippen molar-refractivity contribution in [3.8, 4) is 0 Å². The Hall–Kier alpha value is -1.06. The van der Waals surface area contributed by atoms with Crippen molar-refractivity contribution in [2.45, 2.75) is 19.8 Å². The molecule has 2 rings (SSSR count). The maximum atomic E-state index is 5.38. The van der Waals surface area contributed by atoms with Crippen LogP contribution in [0, 0.1) is 0 Å². The fourth-order valence-corrected chi connectivity index (χ4v) is 2.37. The predicted octanol–water partition coefficient (Wildman–Crippen LogP) is 2.58. The molecule has 19 heavy (non-hydrogen) atoms. The molecule has 0 amide bonds. The predicted molar refractivity (Wildman–Crippen MR) is 81.1 cm³/mol. The topological polar surface area (TPSA) is 15.7 Å². The Labute approximate surface area is 117 Å². The van der Waals surface area contributed by atoms with Gasteiger partial charge in [-0.2, -0.15) is 0 Å². The summed E-state index contributed by atoms with van der Waals surface area (Å²) in [4.78, 5) is 4.83. The number of rotatable bonds is 5. The Kier molecular flexibility index (Phi) is 5.23. The summed E-state index contributed by atoms with van der Waals surface area (Å²) in [5, 5.41) is 0. The maximum absolute atomic E-state index is 5.38. The molecule has 1 aromatic carbocycles. The van der Waals surface area contributed by atoms with Gasteiger partial charge in [-0.15, -0.1) is 0 Å². The van der Waals surface area contributed by atoms with E-state index in [4.69, 9.17) is 4.74 Å². The van der Waals surface area contributed by atoms with E-state index in [0.29, 0.717) is 5.92 Å². The number of nitrogens with zero attached hydrogens (tertiary/aromatic N) is 2. The lowest BCUT2D eigenvalue weighted by molar-refractivity contribution is 0.0393. The summed E-state index contributed by atoms with van der Waals surface area (Å²) in [6.45, 7) is 10.6. The molecule has 1 aliphatic heterocycles. The minimum atomic E-state index is 0.590. The fraction of sp³-hybridized carbons (Fsp3) is 0.625. The van der Waals surface area contributed by atoms with Crippen LogP contribution >= 0.6 is 0 Å². The molecule has 3 heteroatoms. The molecule has 3 nitrogen and oxygen atoms in total. The lowest BCUT2D eigenvalue weighted by Gasteiger charge is -2.29. The van der Waals surface area contributed by atoms with Crippen molar-refractivity contribution in [3.63, 3.8) is 0 Å². The zero-order chi connectivity index (χ0) is 13.7. The third kappa shape index (κ3) is 4.22. The highest BCUT2D eigenvalue weighted by Crippen LogP contribution is 2.20. The number of hydrogen-bond acceptors (Lipinski definition) is 3. The van der Waals surface area contributed by atoms with Crippen molar-refractivity contribution in [3.05, 3.63) is 29.8 Å². The van der Waals surface area contributed by atoms with Crippen LogP contribution in [0.25, 0.3) is 0 Å². The van der Waals surface area contributed by atoms with Gasteiger partial charge in [0, 0.05) is 38.9 Å². The lowest BCUT2D eigenvalue weighted by atomic mass is 10.0. The van der Waals surface area contributed by atoms with E-state index in [1.807, 2.05) is 0 Å². The zero-order valence-corrected chi connectivity index (χ0v) is 12.4. The van der Waals surface area contributed by atoms with Crippen molar-refractivity contribution >= 4 is 5.69 Å². The molecule has 0 radical (unpaired) electrons. The molecule has 1 saturated heterocycles. The van der Waals surface area contributed by atoms with Gasteiger partial charge in [-0.3, -0.25) is 4.90 Å². The van der Waals surface area contributed by atoms with Crippen LogP contribution in [-0.4, -0.2) is 51.3 Å². The number of ether oxygens (including phenoxy) is 1. The molecule has 0 atom stereocenters. The molecule has 1 aliphatic rings. The Balaban J connectivity index is 1.88. The van der Waals surface area contributed by atoms with Crippen molar-refractivity contribution in [2.24, 2.45) is 0 Å². The van der Waals surface area contributed by atoms with Crippen molar-refractivity contribution < 1.29 is 4.74 Å². The van der Waals surface area contributed by atoms with Crippen molar-refractivity contribution in [1.82, 2.24) is 4.90 Å². The van der Waals surface area contributed by atoms with Crippen molar-refractivity contribution in [2.75, 3.05) is 51.3 Å². The second-order valence-electron chi connectivity index (χ2n) is 5.63. The van der Waals surface area contributed by atoms with Crippen LogP contribution in [0.15, 0.2) is 24.3 Å². The zero-order valence-electron chi connectivity index (χ0n) is 12.4. The summed E-state index contributed by atoms with van der Waals surface area (Å²) >= 11 is 0. The van der Waals surface area contributed by atoms with Gasteiger partial charge in [-0.25, -0.2) is 0 Å². The SMILES string of the molecule is CC(C)c1cccc(N(C)CCN2CCOCC2)c1. The summed E-state index contributed by atoms with van der Waals surface area (Å²) < 4.78 is 5.38. The maximum Gasteiger partial charge on any atom is 0.0594 e. The Bertz CT molecular complexity index is 386. The molecule has 106 valence electrons. The molecule has 0 spiro atoms. The molecular weight excluding hydrogens is 236 g/mol. The van der Waals surface area contributed by atoms with Crippen molar-refractivity contribution in [1.29, 1.82) is 0 Å². The van der Waals surface area contributed by atoms with E-state index in [-0.39, 0.29) is 0 Å². The summed E-state index contributed by atoms with van der Waals surface area (Å²) in [5.74, 6) is 0.590. The van der Waals surface area contributed by atoms with E-state index in [2.05, 4.69) is 55.0 Å². The van der Waals surface area contributed by atoms with Gasteiger partial charge in [0.05, 0.1) is 13.2 Å². The molecule has 1 aromatic rings. The highest BCUT2D eigenvalue weighted by molar-refractivity contribution is 5.48. The number of likely N-dealkylation sites (N-methyl/N-ethyl adjacent to an activating group) is 1. The Morgan fingerprint density at radius 2 is 2.00 bits per heavy atom. The number of morpholine rings is 1. The van der Waals surface area contributed by atoms with Gasteiger partial charge in [0.25, 0.3) is 0 Å². The normalized spacial score (nSPS) is 16.8. The third-order valence-electron chi connectivity index (χ3n) is 3.83. The molecule has 1 heterocycles. The average Bonchev–Trinajstić information content (AvgIpc) is 2.46. The second-order valence-corrected chi connectivity index (χ2v) is 5.63. The van der Waals surface area contributed by atoms with Gasteiger partial charge in [-0.1, -0.05) is 26.0 Å². The van der Waals surface area contributed by atoms with Gasteiger partial charge in [0.1, 0.15) is 0 Å². The van der Waals surface area contributed by atoms with Crippen LogP contribution in [-0.2, 0) is 4.74 Å². The quantitative estimate of drug-likeness (QED) is 0.811. The van der Waals surface area contributed by atoms with E-state index >= 15 is 0 Å². The largest absolute Gasteiger partial charge is 0.379 e. The van der Waals surface area contributed by atoms with E-state index in [1.165, 1.54) is 11.3 Å². The van der Waals surface area contributed by atoms with Crippen LogP contribution < -0.4 is 4.90 Å². The number of benzene rings is 1. The summed E-state index contributed by atoms with van der Waals surface area (Å²) in [5.41, 5.74) is 2.73. The fourth-order valence-electron chi connectivity index (χ4n) is 2.37. The first-order valence-electron chi connectivity index (χ1n) is 7.28. The molecule has 0 saturated carbocycles. The Morgan fingerprint density at radius 3 is 2.68 bits per heavy atom. The molecule has 0 aromatic heterocycles. The van der Waals surface area contributed by atoms with Crippen LogP contribution in [0.1, 0.15) is 25.3 Å². The Morgan fingerprint density at radius 1 is 1.26 bits per heavy atom. The van der Waals surface area contributed by atoms with E-state index in [9.17, 15) is 0 Å². The van der Waals surface area contributed by atoms with Gasteiger partial charge >= 0.3 is 0 Å². The first-order valence-corrected chi connectivity index (χ1v) is 7.28. The molecular formula is C16H26N2O. The van der Waals surface area contributed by atoms with Crippen LogP contribution in [0.2, 0.25) is 0 Å². The van der Waals surface area contributed by atoms with Crippen LogP contribution in [0.4, 0.5) is 5.69 Å². The highest BCUT2D eigenvalue weighted by atomic mass is 16.5. The standard InChI is InChI=1S/C16H26N2O/c1-14(2)15-5-4-6-16(13-15)17(3)7-8-18-9-11-19-12-10-18/h4-6,13-14H,7-12H2,1-3H3. The van der Waals surface area contributed by atoms with E-state index in [1.54, 1.807) is 0 Å². The van der Waals surface area contributed by atoms with E-state index < -0.39 is 0 Å². The molecule has 1 fully saturated rings. The van der Waals surface area contributed by atoms with Gasteiger partial charge in [-0.05, 0) is 23.6 Å². The first-order chi connectivity index (χ1) is 9.16. The molecule has 0 N–H and O–H groups in total. The van der Waals surface area contributed by atoms with Crippen LogP contribution in [0.5, 0.6) is 0 Å². The lowest BCUT2D eigenvalue weighted by Crippen LogP contribution is -2.40. The number of anilines is 1. The number of hydrogen-bond donors (Lipinski definition) is 0. The van der Waals surface area contributed by atoms with Crippen LogP contribution in [0.3, 0.4) is 0 Å². The first kappa shape index (κ1) is 14.4. The molecule has 0 bridgehead atoms. The minimum Gasteiger partial charge on any atom is -0.379 e. The van der Waals surface area contributed by atoms with Gasteiger partial charge in [0.2, 0.25) is 0 Å². The smallest absolute Gasteiger partial charge is 0.0594 e. The minimum absolute atomic E-state index is 0.590. The summed E-state index contributed by atoms with van der Waals surface area (Å²) in [7, 11) is 2.18. The highest BCUT2D eigenvalue weighted by Gasteiger charge is 2.11. The monoisotopic (exact) mass is 262 g/mol. The second kappa shape index (κ2) is 6.92. The average molecular weight is 262 g/mol. The summed E-state index contributed by atoms with van der Waals surface area (Å²) in [6, 6.07) is 8.88. The summed E-state index contributed by atoms with van der Waals surface area (Å²) in [6.07, 6.45) is 0. The molecule has 0 unspecified atom stereocenters. The molecule has 0 aliphatic carbocycles. The van der Waals surface area contributed by atoms with Gasteiger partial charge in [0.15, 0.2) is 0 Å². The third-order valence-corrected chi connectivity index (χ3v) is 3.83.